The highest BCUT2D eigenvalue weighted by molar-refractivity contribution is 14.0. The van der Waals surface area contributed by atoms with Gasteiger partial charge in [-0.25, -0.2) is 0 Å². The van der Waals surface area contributed by atoms with Crippen molar-refractivity contribution in [1.82, 2.24) is 15.5 Å². The predicted molar refractivity (Wildman–Crippen MR) is 129 cm³/mol. The summed E-state index contributed by atoms with van der Waals surface area (Å²) in [6.07, 6.45) is 2.08. The van der Waals surface area contributed by atoms with Gasteiger partial charge in [-0.15, -0.1) is 24.0 Å². The quantitative estimate of drug-likeness (QED) is 0.176. The van der Waals surface area contributed by atoms with Crippen LogP contribution < -0.4 is 10.6 Å². The Labute approximate surface area is 188 Å². The van der Waals surface area contributed by atoms with Gasteiger partial charge in [0.05, 0.1) is 19.3 Å². The zero-order valence-corrected chi connectivity index (χ0v) is 20.3. The molecule has 28 heavy (non-hydrogen) atoms. The standard InChI is InChI=1S/C21H38N4O2.HI/c1-5-25(6-2)20(19-12-8-7-9-13-19)18-24-21(22-3)23-14-10-11-15-27-17-16-26-4;/h7-9,12-13,20H,5-6,10-11,14-18H2,1-4H3,(H2,22,23,24);1H. The molecule has 0 bridgehead atoms. The average molecular weight is 506 g/mol. The second-order valence-corrected chi connectivity index (χ2v) is 6.34. The Morgan fingerprint density at radius 2 is 1.75 bits per heavy atom. The number of aliphatic imine (C=N–C) groups is 1. The van der Waals surface area contributed by atoms with Crippen molar-refractivity contribution >= 4 is 29.9 Å². The van der Waals surface area contributed by atoms with Crippen molar-refractivity contribution in [1.29, 1.82) is 0 Å². The normalized spacial score (nSPS) is 12.5. The van der Waals surface area contributed by atoms with E-state index in [0.29, 0.717) is 19.3 Å². The molecule has 162 valence electrons. The zero-order chi connectivity index (χ0) is 19.7. The summed E-state index contributed by atoms with van der Waals surface area (Å²) in [4.78, 5) is 6.82. The number of hydrogen-bond acceptors (Lipinski definition) is 4. The lowest BCUT2D eigenvalue weighted by Crippen LogP contribution is -2.43. The van der Waals surface area contributed by atoms with Crippen molar-refractivity contribution in [3.8, 4) is 0 Å². The number of nitrogens with zero attached hydrogens (tertiary/aromatic N) is 2. The summed E-state index contributed by atoms with van der Waals surface area (Å²) >= 11 is 0. The fraction of sp³-hybridized carbons (Fsp3) is 0.667. The van der Waals surface area contributed by atoms with Crippen molar-refractivity contribution in [3.05, 3.63) is 35.9 Å². The van der Waals surface area contributed by atoms with E-state index in [-0.39, 0.29) is 24.0 Å². The third-order valence-corrected chi connectivity index (χ3v) is 4.56. The molecular formula is C21H39IN4O2. The van der Waals surface area contributed by atoms with Crippen molar-refractivity contribution < 1.29 is 9.47 Å². The first kappa shape index (κ1) is 27.1. The lowest BCUT2D eigenvalue weighted by Gasteiger charge is -2.30. The van der Waals surface area contributed by atoms with Crippen LogP contribution in [0.2, 0.25) is 0 Å². The topological polar surface area (TPSA) is 58.1 Å². The van der Waals surface area contributed by atoms with Gasteiger partial charge in [0.1, 0.15) is 0 Å². The molecule has 0 aromatic heterocycles. The molecule has 0 spiro atoms. The Morgan fingerprint density at radius 3 is 2.36 bits per heavy atom. The molecule has 1 unspecified atom stereocenters. The maximum Gasteiger partial charge on any atom is 0.191 e. The lowest BCUT2D eigenvalue weighted by atomic mass is 10.1. The fourth-order valence-electron chi connectivity index (χ4n) is 2.99. The number of methoxy groups -OCH3 is 1. The van der Waals surface area contributed by atoms with Crippen LogP contribution in [0, 0.1) is 0 Å². The van der Waals surface area contributed by atoms with Crippen LogP contribution in [0.15, 0.2) is 35.3 Å². The third-order valence-electron chi connectivity index (χ3n) is 4.56. The van der Waals surface area contributed by atoms with Crippen molar-refractivity contribution in [2.24, 2.45) is 4.99 Å². The smallest absolute Gasteiger partial charge is 0.191 e. The number of guanidine groups is 1. The Kier molecular flexibility index (Phi) is 17.6. The number of hydrogen-bond donors (Lipinski definition) is 2. The molecule has 6 nitrogen and oxygen atoms in total. The second-order valence-electron chi connectivity index (χ2n) is 6.34. The van der Waals surface area contributed by atoms with Crippen LogP contribution in [0.25, 0.3) is 0 Å². The summed E-state index contributed by atoms with van der Waals surface area (Å²) in [5.74, 6) is 0.850. The summed E-state index contributed by atoms with van der Waals surface area (Å²) in [6.45, 7) is 10.3. The minimum absolute atomic E-state index is 0. The van der Waals surface area contributed by atoms with Gasteiger partial charge < -0.3 is 20.1 Å². The first-order valence-corrected chi connectivity index (χ1v) is 10.1. The van der Waals surface area contributed by atoms with Crippen LogP contribution >= 0.6 is 24.0 Å². The molecule has 0 aliphatic carbocycles. The van der Waals surface area contributed by atoms with E-state index in [0.717, 1.165) is 51.6 Å². The minimum atomic E-state index is 0. The van der Waals surface area contributed by atoms with Crippen LogP contribution in [0.3, 0.4) is 0 Å². The molecular weight excluding hydrogens is 467 g/mol. The molecule has 0 aliphatic heterocycles. The van der Waals surface area contributed by atoms with Crippen LogP contribution in [-0.4, -0.2) is 71.0 Å². The van der Waals surface area contributed by atoms with Crippen molar-refractivity contribution in [2.45, 2.75) is 32.7 Å². The van der Waals surface area contributed by atoms with E-state index in [1.54, 1.807) is 7.11 Å². The number of halogens is 1. The number of benzene rings is 1. The van der Waals surface area contributed by atoms with Gasteiger partial charge in [0.2, 0.25) is 0 Å². The van der Waals surface area contributed by atoms with Crippen LogP contribution in [0.5, 0.6) is 0 Å². The lowest BCUT2D eigenvalue weighted by molar-refractivity contribution is 0.0689. The number of ether oxygens (including phenoxy) is 2. The molecule has 0 fully saturated rings. The largest absolute Gasteiger partial charge is 0.382 e. The molecule has 7 heteroatoms. The number of likely N-dealkylation sites (N-methyl/N-ethyl adjacent to an activating group) is 1. The maximum atomic E-state index is 5.48. The molecule has 1 aromatic carbocycles. The van der Waals surface area contributed by atoms with E-state index >= 15 is 0 Å². The highest BCUT2D eigenvalue weighted by Gasteiger charge is 2.17. The Bertz CT molecular complexity index is 498. The molecule has 0 heterocycles. The molecule has 1 aromatic rings. The minimum Gasteiger partial charge on any atom is -0.382 e. The van der Waals surface area contributed by atoms with Gasteiger partial charge in [-0.2, -0.15) is 0 Å². The second kappa shape index (κ2) is 18.1. The molecule has 0 amide bonds. The first-order valence-electron chi connectivity index (χ1n) is 10.1. The van der Waals surface area contributed by atoms with Gasteiger partial charge in [0.25, 0.3) is 0 Å². The van der Waals surface area contributed by atoms with Gasteiger partial charge in [0, 0.05) is 33.9 Å². The van der Waals surface area contributed by atoms with Crippen molar-refractivity contribution in [3.63, 3.8) is 0 Å². The third kappa shape index (κ3) is 11.2. The molecule has 0 radical (unpaired) electrons. The van der Waals surface area contributed by atoms with Crippen LogP contribution in [-0.2, 0) is 9.47 Å². The van der Waals surface area contributed by atoms with E-state index in [1.807, 2.05) is 7.05 Å². The molecule has 1 rings (SSSR count). The molecule has 0 aliphatic rings. The van der Waals surface area contributed by atoms with E-state index in [1.165, 1.54) is 5.56 Å². The highest BCUT2D eigenvalue weighted by atomic mass is 127. The zero-order valence-electron chi connectivity index (χ0n) is 17.9. The monoisotopic (exact) mass is 506 g/mol. The van der Waals surface area contributed by atoms with Gasteiger partial charge in [0.15, 0.2) is 5.96 Å². The summed E-state index contributed by atoms with van der Waals surface area (Å²) < 4.78 is 10.4. The number of unbranched alkanes of at least 4 members (excludes halogenated alkanes) is 1. The Morgan fingerprint density at radius 1 is 1.04 bits per heavy atom. The van der Waals surface area contributed by atoms with E-state index < -0.39 is 0 Å². The predicted octanol–water partition coefficient (Wildman–Crippen LogP) is 3.30. The van der Waals surface area contributed by atoms with E-state index in [2.05, 4.69) is 64.7 Å². The average Bonchev–Trinajstić information content (AvgIpc) is 2.72. The van der Waals surface area contributed by atoms with Gasteiger partial charge in [-0.3, -0.25) is 9.89 Å². The number of rotatable bonds is 14. The first-order chi connectivity index (χ1) is 13.3. The highest BCUT2D eigenvalue weighted by Crippen LogP contribution is 2.19. The Balaban J connectivity index is 0.00000729. The summed E-state index contributed by atoms with van der Waals surface area (Å²) in [5, 5.41) is 6.88. The van der Waals surface area contributed by atoms with E-state index in [4.69, 9.17) is 9.47 Å². The Hall–Kier alpha value is -0.900. The molecule has 1 atom stereocenters. The molecule has 0 saturated carbocycles. The number of nitrogens with one attached hydrogen (secondary N) is 2. The van der Waals surface area contributed by atoms with E-state index in [9.17, 15) is 0 Å². The van der Waals surface area contributed by atoms with Gasteiger partial charge in [-0.1, -0.05) is 44.2 Å². The van der Waals surface area contributed by atoms with Crippen LogP contribution in [0.1, 0.15) is 38.3 Å². The molecule has 0 saturated heterocycles. The summed E-state index contributed by atoms with van der Waals surface area (Å²) in [5.41, 5.74) is 1.33. The SMILES string of the molecule is CCN(CC)C(CNC(=NC)NCCCCOCCOC)c1ccccc1.I. The molecule has 2 N–H and O–H groups in total. The van der Waals surface area contributed by atoms with Gasteiger partial charge in [-0.05, 0) is 31.5 Å². The summed E-state index contributed by atoms with van der Waals surface area (Å²) in [6, 6.07) is 11.0. The summed E-state index contributed by atoms with van der Waals surface area (Å²) in [7, 11) is 3.51. The maximum absolute atomic E-state index is 5.48. The van der Waals surface area contributed by atoms with Crippen molar-refractivity contribution in [2.75, 3.05) is 60.2 Å². The van der Waals surface area contributed by atoms with Gasteiger partial charge >= 0.3 is 0 Å². The fourth-order valence-corrected chi connectivity index (χ4v) is 2.99. The van der Waals surface area contributed by atoms with Crippen LogP contribution in [0.4, 0.5) is 0 Å².